The molecule has 162 valence electrons. The molecule has 7 nitrogen and oxygen atoms in total. The van der Waals surface area contributed by atoms with Crippen molar-refractivity contribution in [2.75, 3.05) is 38.2 Å². The number of hydrogen-bond donors (Lipinski definition) is 1. The summed E-state index contributed by atoms with van der Waals surface area (Å²) in [5, 5.41) is 3.81. The number of fused-ring (bicyclic) bond motifs is 1. The fourth-order valence-electron chi connectivity index (χ4n) is 3.68. The van der Waals surface area contributed by atoms with Gasteiger partial charge in [-0.15, -0.1) is 11.3 Å². The van der Waals surface area contributed by atoms with Gasteiger partial charge in [0.05, 0.1) is 25.5 Å². The topological polar surface area (TPSA) is 80.8 Å². The maximum Gasteiger partial charge on any atom is 0.266 e. The van der Waals surface area contributed by atoms with Crippen molar-refractivity contribution in [1.29, 1.82) is 0 Å². The van der Waals surface area contributed by atoms with Gasteiger partial charge < -0.3 is 19.7 Å². The molecule has 2 amide bonds. The number of aromatic nitrogens is 1. The van der Waals surface area contributed by atoms with Gasteiger partial charge in [0.2, 0.25) is 0 Å². The van der Waals surface area contributed by atoms with Crippen molar-refractivity contribution >= 4 is 39.1 Å². The minimum Gasteiger partial charge on any atom is -0.494 e. The lowest BCUT2D eigenvalue weighted by molar-refractivity contribution is 0.0307. The van der Waals surface area contributed by atoms with Gasteiger partial charge in [-0.2, -0.15) is 0 Å². The summed E-state index contributed by atoms with van der Waals surface area (Å²) in [6.07, 6.45) is 0. The summed E-state index contributed by atoms with van der Waals surface area (Å²) in [7, 11) is 0. The van der Waals surface area contributed by atoms with Gasteiger partial charge in [0.25, 0.3) is 11.8 Å². The second-order valence-corrected chi connectivity index (χ2v) is 8.38. The lowest BCUT2D eigenvalue weighted by Crippen LogP contribution is -2.40. The number of pyridine rings is 1. The molecule has 3 heterocycles. The summed E-state index contributed by atoms with van der Waals surface area (Å²) in [4.78, 5) is 34.0. The largest absolute Gasteiger partial charge is 0.494 e. The Labute approximate surface area is 185 Å². The minimum atomic E-state index is -0.279. The first-order valence-corrected chi connectivity index (χ1v) is 11.1. The molecule has 1 aliphatic heterocycles. The van der Waals surface area contributed by atoms with Gasteiger partial charge in [0, 0.05) is 29.7 Å². The SMILES string of the molecule is CCOc1ccc(C(=O)Nc2c(C(=O)N3CCOCC3)sc3nc(C)cc(C)c23)cc1. The van der Waals surface area contributed by atoms with E-state index in [-0.39, 0.29) is 11.8 Å². The van der Waals surface area contributed by atoms with Crippen LogP contribution in [0.25, 0.3) is 10.2 Å². The average Bonchev–Trinajstić information content (AvgIpc) is 3.12. The first-order valence-electron chi connectivity index (χ1n) is 10.3. The van der Waals surface area contributed by atoms with Crippen molar-refractivity contribution < 1.29 is 19.1 Å². The van der Waals surface area contributed by atoms with Gasteiger partial charge in [-0.3, -0.25) is 9.59 Å². The van der Waals surface area contributed by atoms with Gasteiger partial charge in [-0.05, 0) is 56.7 Å². The fourth-order valence-corrected chi connectivity index (χ4v) is 4.90. The molecule has 0 radical (unpaired) electrons. The van der Waals surface area contributed by atoms with E-state index in [1.165, 1.54) is 11.3 Å². The van der Waals surface area contributed by atoms with Crippen molar-refractivity contribution in [3.05, 3.63) is 52.0 Å². The molecule has 0 spiro atoms. The summed E-state index contributed by atoms with van der Waals surface area (Å²) in [5.41, 5.74) is 2.87. The van der Waals surface area contributed by atoms with Crippen LogP contribution in [0.4, 0.5) is 5.69 Å². The number of ether oxygens (including phenoxy) is 2. The van der Waals surface area contributed by atoms with Crippen LogP contribution in [0.15, 0.2) is 30.3 Å². The van der Waals surface area contributed by atoms with E-state index in [0.717, 1.165) is 21.5 Å². The zero-order valence-corrected chi connectivity index (χ0v) is 18.7. The number of hydrogen-bond acceptors (Lipinski definition) is 6. The molecule has 0 bridgehead atoms. The Balaban J connectivity index is 1.72. The van der Waals surface area contributed by atoms with Crippen LogP contribution < -0.4 is 10.1 Å². The summed E-state index contributed by atoms with van der Waals surface area (Å²) >= 11 is 1.32. The lowest BCUT2D eigenvalue weighted by Gasteiger charge is -2.26. The number of nitrogens with zero attached hydrogens (tertiary/aromatic N) is 2. The number of carbonyl (C=O) groups excluding carboxylic acids is 2. The molecule has 1 saturated heterocycles. The first kappa shape index (κ1) is 21.3. The molecule has 0 unspecified atom stereocenters. The fraction of sp³-hybridized carbons (Fsp3) is 0.348. The third-order valence-electron chi connectivity index (χ3n) is 5.15. The number of amides is 2. The van der Waals surface area contributed by atoms with Crippen LogP contribution in [-0.2, 0) is 4.74 Å². The van der Waals surface area contributed by atoms with Gasteiger partial charge in [0.15, 0.2) is 0 Å². The van der Waals surface area contributed by atoms with E-state index >= 15 is 0 Å². The Kier molecular flexibility index (Phi) is 6.20. The molecule has 4 rings (SSSR count). The Morgan fingerprint density at radius 1 is 1.19 bits per heavy atom. The predicted octanol–water partition coefficient (Wildman–Crippen LogP) is 4.04. The van der Waals surface area contributed by atoms with E-state index < -0.39 is 0 Å². The summed E-state index contributed by atoms with van der Waals surface area (Å²) in [6.45, 7) is 8.46. The number of morpholine rings is 1. The van der Waals surface area contributed by atoms with E-state index in [9.17, 15) is 9.59 Å². The van der Waals surface area contributed by atoms with Crippen molar-refractivity contribution in [3.63, 3.8) is 0 Å². The second-order valence-electron chi connectivity index (χ2n) is 7.38. The Hall–Kier alpha value is -2.97. The molecule has 1 aromatic carbocycles. The van der Waals surface area contributed by atoms with Crippen LogP contribution >= 0.6 is 11.3 Å². The maximum atomic E-state index is 13.3. The number of rotatable bonds is 5. The average molecular weight is 440 g/mol. The van der Waals surface area contributed by atoms with E-state index in [1.807, 2.05) is 26.8 Å². The highest BCUT2D eigenvalue weighted by molar-refractivity contribution is 7.21. The van der Waals surface area contributed by atoms with Crippen molar-refractivity contribution in [2.45, 2.75) is 20.8 Å². The van der Waals surface area contributed by atoms with Gasteiger partial charge >= 0.3 is 0 Å². The maximum absolute atomic E-state index is 13.3. The quantitative estimate of drug-likeness (QED) is 0.649. The molecule has 3 aromatic rings. The second kappa shape index (κ2) is 9.03. The molecule has 31 heavy (non-hydrogen) atoms. The van der Waals surface area contributed by atoms with Crippen molar-refractivity contribution in [2.24, 2.45) is 0 Å². The molecule has 0 aliphatic carbocycles. The standard InChI is InChI=1S/C23H25N3O4S/c1-4-30-17-7-5-16(6-8-17)21(27)25-19-18-14(2)13-15(3)24-22(18)31-20(19)23(28)26-9-11-29-12-10-26/h5-8,13H,4,9-12H2,1-3H3,(H,25,27). The highest BCUT2D eigenvalue weighted by atomic mass is 32.1. The highest BCUT2D eigenvalue weighted by Crippen LogP contribution is 2.38. The third kappa shape index (κ3) is 4.40. The molecule has 1 aliphatic rings. The lowest BCUT2D eigenvalue weighted by atomic mass is 10.1. The smallest absolute Gasteiger partial charge is 0.266 e. The number of benzene rings is 1. The first-order chi connectivity index (χ1) is 15.0. The highest BCUT2D eigenvalue weighted by Gasteiger charge is 2.27. The number of anilines is 1. The zero-order chi connectivity index (χ0) is 22.0. The van der Waals surface area contributed by atoms with Crippen LogP contribution in [0.2, 0.25) is 0 Å². The third-order valence-corrected chi connectivity index (χ3v) is 6.22. The van der Waals surface area contributed by atoms with Crippen LogP contribution in [-0.4, -0.2) is 54.6 Å². The zero-order valence-electron chi connectivity index (χ0n) is 17.9. The predicted molar refractivity (Wildman–Crippen MR) is 121 cm³/mol. The van der Waals surface area contributed by atoms with Crippen LogP contribution in [0.3, 0.4) is 0 Å². The molecular formula is C23H25N3O4S. The van der Waals surface area contributed by atoms with Crippen LogP contribution in [0, 0.1) is 13.8 Å². The number of aryl methyl sites for hydroxylation is 2. The van der Waals surface area contributed by atoms with E-state index in [4.69, 9.17) is 9.47 Å². The Bertz CT molecular complexity index is 1120. The molecule has 2 aromatic heterocycles. The van der Waals surface area contributed by atoms with Gasteiger partial charge in [-0.1, -0.05) is 0 Å². The Morgan fingerprint density at radius 3 is 2.58 bits per heavy atom. The molecule has 0 atom stereocenters. The van der Waals surface area contributed by atoms with E-state index in [0.29, 0.717) is 54.8 Å². The van der Waals surface area contributed by atoms with Crippen molar-refractivity contribution in [1.82, 2.24) is 9.88 Å². The van der Waals surface area contributed by atoms with Crippen LogP contribution in [0.5, 0.6) is 5.75 Å². The summed E-state index contributed by atoms with van der Waals surface area (Å²) < 4.78 is 10.8. The van der Waals surface area contributed by atoms with E-state index in [2.05, 4.69) is 10.3 Å². The number of thiophene rings is 1. The molecule has 1 N–H and O–H groups in total. The monoisotopic (exact) mass is 439 g/mol. The Morgan fingerprint density at radius 2 is 1.90 bits per heavy atom. The summed E-state index contributed by atoms with van der Waals surface area (Å²) in [6, 6.07) is 8.92. The van der Waals surface area contributed by atoms with E-state index in [1.54, 1.807) is 29.2 Å². The van der Waals surface area contributed by atoms with Crippen LogP contribution in [0.1, 0.15) is 38.2 Å². The van der Waals surface area contributed by atoms with Gasteiger partial charge in [-0.25, -0.2) is 4.98 Å². The molecular weight excluding hydrogens is 414 g/mol. The minimum absolute atomic E-state index is 0.106. The number of nitrogens with one attached hydrogen (secondary N) is 1. The normalized spacial score (nSPS) is 14.0. The molecule has 0 saturated carbocycles. The molecule has 1 fully saturated rings. The number of carbonyl (C=O) groups is 2. The summed E-state index contributed by atoms with van der Waals surface area (Å²) in [5.74, 6) is 0.322. The van der Waals surface area contributed by atoms with Gasteiger partial charge in [0.1, 0.15) is 15.5 Å². The molecule has 8 heteroatoms. The van der Waals surface area contributed by atoms with Crippen molar-refractivity contribution in [3.8, 4) is 5.75 Å².